The van der Waals surface area contributed by atoms with Crippen molar-refractivity contribution >= 4 is 0 Å². The molecule has 2 aromatic carbocycles. The van der Waals surface area contributed by atoms with Gasteiger partial charge in [0.25, 0.3) is 0 Å². The highest BCUT2D eigenvalue weighted by molar-refractivity contribution is 5.72. The van der Waals surface area contributed by atoms with E-state index in [-0.39, 0.29) is 0 Å². The zero-order chi connectivity index (χ0) is 17.5. The van der Waals surface area contributed by atoms with Crippen LogP contribution < -0.4 is 0 Å². The third-order valence-electron chi connectivity index (χ3n) is 5.23. The molecule has 0 aliphatic carbocycles. The molecule has 0 spiro atoms. The zero-order valence-electron chi connectivity index (χ0n) is 16.2. The van der Waals surface area contributed by atoms with Gasteiger partial charge in [0.2, 0.25) is 0 Å². The Balaban J connectivity index is 2.08. The molecule has 3 rings (SSSR count). The van der Waals surface area contributed by atoms with Crippen LogP contribution in [0, 0.1) is 13.8 Å². The average molecular weight is 325 g/mol. The second kappa shape index (κ2) is 6.02. The Kier molecular flexibility index (Phi) is 4.31. The Labute approximate surface area is 147 Å². The van der Waals surface area contributed by atoms with Crippen molar-refractivity contribution in [2.75, 3.05) is 41.3 Å². The first-order valence-corrected chi connectivity index (χ1v) is 8.99. The summed E-state index contributed by atoms with van der Waals surface area (Å²) in [7, 11) is 9.31. The normalized spacial score (nSPS) is 16.2. The fourth-order valence-electron chi connectivity index (χ4n) is 3.81. The minimum Gasteiger partial charge on any atom is -0.326 e. The molecule has 1 heterocycles. The topological polar surface area (TPSA) is 0 Å². The number of hydrogen-bond acceptors (Lipinski definition) is 0. The van der Waals surface area contributed by atoms with Crippen molar-refractivity contribution in [2.45, 2.75) is 26.9 Å². The molecular formula is C22H32N2+2. The summed E-state index contributed by atoms with van der Waals surface area (Å²) in [6.07, 6.45) is 0. The van der Waals surface area contributed by atoms with Crippen LogP contribution >= 0.6 is 0 Å². The van der Waals surface area contributed by atoms with Crippen LogP contribution in [0.5, 0.6) is 0 Å². The van der Waals surface area contributed by atoms with Crippen LogP contribution in [-0.4, -0.2) is 50.2 Å². The van der Waals surface area contributed by atoms with Gasteiger partial charge < -0.3 is 8.97 Å². The third-order valence-corrected chi connectivity index (χ3v) is 5.23. The summed E-state index contributed by atoms with van der Waals surface area (Å²) in [4.78, 5) is 0. The molecule has 0 saturated heterocycles. The molecule has 0 amide bonds. The fourth-order valence-corrected chi connectivity index (χ4v) is 3.81. The van der Waals surface area contributed by atoms with E-state index < -0.39 is 0 Å². The van der Waals surface area contributed by atoms with Gasteiger partial charge in [-0.3, -0.25) is 0 Å². The third kappa shape index (κ3) is 3.71. The van der Waals surface area contributed by atoms with Crippen molar-refractivity contribution in [3.63, 3.8) is 0 Å². The Hall–Kier alpha value is -1.64. The Morgan fingerprint density at radius 2 is 1.29 bits per heavy atom. The van der Waals surface area contributed by atoms with E-state index in [2.05, 4.69) is 78.4 Å². The first kappa shape index (κ1) is 17.2. The highest BCUT2D eigenvalue weighted by Gasteiger charge is 2.31. The van der Waals surface area contributed by atoms with Crippen molar-refractivity contribution in [2.24, 2.45) is 0 Å². The van der Waals surface area contributed by atoms with Gasteiger partial charge in [0, 0.05) is 11.1 Å². The number of hydrogen-bond donors (Lipinski definition) is 0. The van der Waals surface area contributed by atoms with E-state index in [1.54, 1.807) is 0 Å². The molecule has 0 radical (unpaired) electrons. The van der Waals surface area contributed by atoms with Crippen LogP contribution in [0.3, 0.4) is 0 Å². The standard InChI is InChI=1S/C22H32N2/c1-17-7-9-21-19(13-17)15-24(6,12-11-23(3,4)5)16-20-14-18(2)8-10-22(20)21/h7-10,13-14H,11-12,15-16H2,1-6H3/q+2. The fraction of sp³-hybridized carbons (Fsp3) is 0.455. The summed E-state index contributed by atoms with van der Waals surface area (Å²) >= 11 is 0. The summed E-state index contributed by atoms with van der Waals surface area (Å²) in [6.45, 7) is 9.04. The molecule has 2 heteroatoms. The summed E-state index contributed by atoms with van der Waals surface area (Å²) < 4.78 is 2.11. The van der Waals surface area contributed by atoms with Gasteiger partial charge in [-0.2, -0.15) is 0 Å². The van der Waals surface area contributed by atoms with Gasteiger partial charge in [-0.25, -0.2) is 0 Å². The van der Waals surface area contributed by atoms with Gasteiger partial charge in [0.05, 0.1) is 28.2 Å². The largest absolute Gasteiger partial charge is 0.326 e. The number of likely N-dealkylation sites (N-methyl/N-ethyl adjacent to an activating group) is 2. The van der Waals surface area contributed by atoms with E-state index in [9.17, 15) is 0 Å². The highest BCUT2D eigenvalue weighted by Crippen LogP contribution is 2.36. The van der Waals surface area contributed by atoms with Gasteiger partial charge in [0.15, 0.2) is 0 Å². The first-order valence-electron chi connectivity index (χ1n) is 8.99. The Morgan fingerprint density at radius 1 is 0.833 bits per heavy atom. The highest BCUT2D eigenvalue weighted by atomic mass is 15.4. The van der Waals surface area contributed by atoms with Crippen LogP contribution in [0.2, 0.25) is 0 Å². The quantitative estimate of drug-likeness (QED) is 0.745. The Morgan fingerprint density at radius 3 is 1.71 bits per heavy atom. The molecule has 24 heavy (non-hydrogen) atoms. The molecule has 128 valence electrons. The van der Waals surface area contributed by atoms with Gasteiger partial charge in [-0.15, -0.1) is 0 Å². The second-order valence-electron chi connectivity index (χ2n) is 8.99. The van der Waals surface area contributed by atoms with Gasteiger partial charge in [-0.05, 0) is 37.1 Å². The van der Waals surface area contributed by atoms with E-state index in [0.717, 1.165) is 22.1 Å². The van der Waals surface area contributed by atoms with Crippen LogP contribution in [0.4, 0.5) is 0 Å². The van der Waals surface area contributed by atoms with E-state index in [1.165, 1.54) is 46.5 Å². The molecule has 0 fully saturated rings. The lowest BCUT2D eigenvalue weighted by Gasteiger charge is -2.36. The maximum atomic E-state index is 2.43. The van der Waals surface area contributed by atoms with Crippen molar-refractivity contribution in [1.82, 2.24) is 0 Å². The summed E-state index contributed by atoms with van der Waals surface area (Å²) in [5.41, 5.74) is 8.60. The molecule has 0 aromatic heterocycles. The predicted molar refractivity (Wildman–Crippen MR) is 103 cm³/mol. The van der Waals surface area contributed by atoms with Gasteiger partial charge >= 0.3 is 0 Å². The number of aryl methyl sites for hydroxylation is 2. The lowest BCUT2D eigenvalue weighted by Crippen LogP contribution is -2.50. The molecule has 0 saturated carbocycles. The van der Waals surface area contributed by atoms with Crippen LogP contribution in [0.25, 0.3) is 11.1 Å². The van der Waals surface area contributed by atoms with E-state index in [1.807, 2.05) is 0 Å². The van der Waals surface area contributed by atoms with Crippen LogP contribution in [-0.2, 0) is 13.1 Å². The lowest BCUT2D eigenvalue weighted by atomic mass is 9.94. The molecular weight excluding hydrogens is 292 g/mol. The minimum atomic E-state index is 1.02. The molecule has 0 N–H and O–H groups in total. The van der Waals surface area contributed by atoms with E-state index in [0.29, 0.717) is 0 Å². The maximum Gasteiger partial charge on any atom is 0.129 e. The molecule has 0 bridgehead atoms. The molecule has 1 aliphatic rings. The Bertz CT molecular complexity index is 700. The summed E-state index contributed by atoms with van der Waals surface area (Å²) in [5, 5.41) is 0. The van der Waals surface area contributed by atoms with E-state index in [4.69, 9.17) is 0 Å². The van der Waals surface area contributed by atoms with Crippen molar-refractivity contribution < 1.29 is 8.97 Å². The summed E-state index contributed by atoms with van der Waals surface area (Å²) in [6, 6.07) is 14.0. The number of nitrogens with zero attached hydrogens (tertiary/aromatic N) is 2. The summed E-state index contributed by atoms with van der Waals surface area (Å²) in [5.74, 6) is 0. The molecule has 1 aliphatic heterocycles. The number of fused-ring (bicyclic) bond motifs is 3. The van der Waals surface area contributed by atoms with Gasteiger partial charge in [0.1, 0.15) is 26.2 Å². The van der Waals surface area contributed by atoms with Crippen LogP contribution in [0.15, 0.2) is 36.4 Å². The molecule has 0 unspecified atom stereocenters. The number of quaternary nitrogens is 2. The zero-order valence-corrected chi connectivity index (χ0v) is 16.2. The van der Waals surface area contributed by atoms with E-state index >= 15 is 0 Å². The second-order valence-corrected chi connectivity index (χ2v) is 8.99. The van der Waals surface area contributed by atoms with Crippen molar-refractivity contribution in [3.8, 4) is 11.1 Å². The molecule has 0 atom stereocenters. The average Bonchev–Trinajstić information content (AvgIpc) is 2.57. The SMILES string of the molecule is Cc1ccc2c(c1)C[N+](C)(CC[N+](C)(C)C)Cc1cc(C)ccc1-2. The smallest absolute Gasteiger partial charge is 0.129 e. The van der Waals surface area contributed by atoms with Crippen molar-refractivity contribution in [1.29, 1.82) is 0 Å². The maximum absolute atomic E-state index is 2.43. The van der Waals surface area contributed by atoms with Crippen molar-refractivity contribution in [3.05, 3.63) is 58.7 Å². The lowest BCUT2D eigenvalue weighted by molar-refractivity contribution is -0.966. The number of benzene rings is 2. The molecule has 2 nitrogen and oxygen atoms in total. The number of rotatable bonds is 3. The van der Waals surface area contributed by atoms with Crippen LogP contribution in [0.1, 0.15) is 22.3 Å². The first-order chi connectivity index (χ1) is 11.2. The predicted octanol–water partition coefficient (Wildman–Crippen LogP) is 4.14. The monoisotopic (exact) mass is 324 g/mol. The minimum absolute atomic E-state index is 1.02. The molecule has 2 aromatic rings. The van der Waals surface area contributed by atoms with Gasteiger partial charge in [-0.1, -0.05) is 35.4 Å².